The Morgan fingerprint density at radius 2 is 1.79 bits per heavy atom. The molecule has 0 bridgehead atoms. The highest BCUT2D eigenvalue weighted by Gasteiger charge is 2.19. The fourth-order valence-electron chi connectivity index (χ4n) is 2.91. The van der Waals surface area contributed by atoms with E-state index in [1.165, 1.54) is 0 Å². The number of rotatable bonds is 13. The van der Waals surface area contributed by atoms with Crippen LogP contribution in [0.1, 0.15) is 52.0 Å². The van der Waals surface area contributed by atoms with E-state index in [2.05, 4.69) is 17.6 Å². The molecule has 164 valence electrons. The average Bonchev–Trinajstić information content (AvgIpc) is 2.73. The summed E-state index contributed by atoms with van der Waals surface area (Å²) >= 11 is 0. The first kappa shape index (κ1) is 24.6. The van der Waals surface area contributed by atoms with Gasteiger partial charge < -0.3 is 25.0 Å². The highest BCUT2D eigenvalue weighted by Crippen LogP contribution is 2.27. The van der Waals surface area contributed by atoms with Gasteiger partial charge in [0.1, 0.15) is 0 Å². The second-order valence-corrected chi connectivity index (χ2v) is 7.08. The Morgan fingerprint density at radius 1 is 1.07 bits per heavy atom. The molecule has 1 aromatic rings. The Kier molecular flexibility index (Phi) is 11.6. The molecule has 0 heterocycles. The van der Waals surface area contributed by atoms with Crippen molar-refractivity contribution in [3.63, 3.8) is 0 Å². The lowest BCUT2D eigenvalue weighted by Gasteiger charge is -2.28. The summed E-state index contributed by atoms with van der Waals surface area (Å²) in [5, 5.41) is 5.87. The van der Waals surface area contributed by atoms with Crippen LogP contribution in [-0.2, 0) is 11.2 Å². The number of hydrogen-bond acceptors (Lipinski definition) is 4. The summed E-state index contributed by atoms with van der Waals surface area (Å²) < 4.78 is 10.5. The number of unbranched alkanes of at least 4 members (excludes halogenated alkanes) is 1. The van der Waals surface area contributed by atoms with Crippen LogP contribution in [0.4, 0.5) is 4.79 Å². The number of ether oxygens (including phenoxy) is 2. The molecule has 2 N–H and O–H groups in total. The van der Waals surface area contributed by atoms with Gasteiger partial charge >= 0.3 is 6.03 Å². The van der Waals surface area contributed by atoms with Crippen LogP contribution in [0.2, 0.25) is 0 Å². The van der Waals surface area contributed by atoms with E-state index in [9.17, 15) is 9.59 Å². The number of nitrogens with zero attached hydrogens (tertiary/aromatic N) is 1. The molecule has 0 spiro atoms. The zero-order valence-corrected chi connectivity index (χ0v) is 18.5. The number of nitrogens with one attached hydrogen (secondary N) is 2. The normalized spacial score (nSPS) is 11.5. The predicted molar refractivity (Wildman–Crippen MR) is 116 cm³/mol. The van der Waals surface area contributed by atoms with Crippen LogP contribution in [0.5, 0.6) is 11.5 Å². The van der Waals surface area contributed by atoms with Gasteiger partial charge in [0.2, 0.25) is 5.91 Å². The third kappa shape index (κ3) is 8.62. The molecule has 1 aromatic carbocycles. The smallest absolute Gasteiger partial charge is 0.317 e. The maximum Gasteiger partial charge on any atom is 0.317 e. The molecule has 3 amide bonds. The minimum absolute atomic E-state index is 0.0554. The predicted octanol–water partition coefficient (Wildman–Crippen LogP) is 3.36. The van der Waals surface area contributed by atoms with Crippen molar-refractivity contribution in [2.24, 2.45) is 0 Å². The lowest BCUT2D eigenvalue weighted by molar-refractivity contribution is -0.121. The van der Waals surface area contributed by atoms with E-state index >= 15 is 0 Å². The maximum atomic E-state index is 12.4. The summed E-state index contributed by atoms with van der Waals surface area (Å²) in [7, 11) is 3.20. The molecule has 0 aromatic heterocycles. The largest absolute Gasteiger partial charge is 0.493 e. The topological polar surface area (TPSA) is 79.9 Å². The minimum Gasteiger partial charge on any atom is -0.493 e. The fraction of sp³-hybridized carbons (Fsp3) is 0.636. The van der Waals surface area contributed by atoms with Crippen molar-refractivity contribution in [2.45, 2.75) is 58.9 Å². The van der Waals surface area contributed by atoms with Gasteiger partial charge in [-0.2, -0.15) is 0 Å². The van der Waals surface area contributed by atoms with Crippen molar-refractivity contribution >= 4 is 11.9 Å². The zero-order valence-electron chi connectivity index (χ0n) is 18.5. The highest BCUT2D eigenvalue weighted by atomic mass is 16.5. The van der Waals surface area contributed by atoms with E-state index in [0.29, 0.717) is 37.6 Å². The SMILES string of the molecule is CCCCNC(=O)N(CCC(=O)NCCc1ccc(OC)c(OC)c1)C(C)CC. The number of carbonyl (C=O) groups is 2. The number of benzene rings is 1. The van der Waals surface area contributed by atoms with Crippen molar-refractivity contribution in [3.05, 3.63) is 23.8 Å². The summed E-state index contributed by atoms with van der Waals surface area (Å²) in [6, 6.07) is 5.73. The van der Waals surface area contributed by atoms with Gasteiger partial charge in [-0.25, -0.2) is 4.79 Å². The molecular formula is C22H37N3O4. The molecule has 7 nitrogen and oxygen atoms in total. The van der Waals surface area contributed by atoms with E-state index in [-0.39, 0.29) is 24.4 Å². The molecule has 0 saturated heterocycles. The number of methoxy groups -OCH3 is 2. The van der Waals surface area contributed by atoms with Crippen LogP contribution in [-0.4, -0.2) is 56.7 Å². The standard InChI is InChI=1S/C22H37N3O4/c1-6-8-13-24-22(27)25(17(3)7-2)15-12-21(26)23-14-11-18-9-10-19(28-4)20(16-18)29-5/h9-10,16-17H,6-8,11-15H2,1-5H3,(H,23,26)(H,24,27). The molecule has 0 radical (unpaired) electrons. The molecule has 0 saturated carbocycles. The van der Waals surface area contributed by atoms with Gasteiger partial charge in [-0.3, -0.25) is 4.79 Å². The summed E-state index contributed by atoms with van der Waals surface area (Å²) in [6.07, 6.45) is 3.82. The van der Waals surface area contributed by atoms with Crippen LogP contribution < -0.4 is 20.1 Å². The second kappa shape index (κ2) is 13.7. The van der Waals surface area contributed by atoms with E-state index in [1.54, 1.807) is 19.1 Å². The van der Waals surface area contributed by atoms with Gasteiger partial charge in [0.15, 0.2) is 11.5 Å². The summed E-state index contributed by atoms with van der Waals surface area (Å²) in [5.41, 5.74) is 1.06. The van der Waals surface area contributed by atoms with Crippen molar-refractivity contribution in [1.29, 1.82) is 0 Å². The Hall–Kier alpha value is -2.44. The third-order valence-electron chi connectivity index (χ3n) is 4.95. The van der Waals surface area contributed by atoms with Crippen LogP contribution >= 0.6 is 0 Å². The molecule has 0 aliphatic carbocycles. The molecule has 0 fully saturated rings. The van der Waals surface area contributed by atoms with Gasteiger partial charge in [0.25, 0.3) is 0 Å². The summed E-state index contributed by atoms with van der Waals surface area (Å²) in [4.78, 5) is 26.4. The van der Waals surface area contributed by atoms with E-state index < -0.39 is 0 Å². The molecule has 7 heteroatoms. The van der Waals surface area contributed by atoms with Crippen LogP contribution in [0.3, 0.4) is 0 Å². The average molecular weight is 408 g/mol. The molecule has 1 rings (SSSR count). The first-order chi connectivity index (χ1) is 14.0. The van der Waals surface area contributed by atoms with E-state index in [4.69, 9.17) is 9.47 Å². The van der Waals surface area contributed by atoms with Gasteiger partial charge in [-0.15, -0.1) is 0 Å². The highest BCUT2D eigenvalue weighted by molar-refractivity contribution is 5.78. The lowest BCUT2D eigenvalue weighted by Crippen LogP contribution is -2.46. The van der Waals surface area contributed by atoms with Crippen molar-refractivity contribution in [2.75, 3.05) is 33.9 Å². The quantitative estimate of drug-likeness (QED) is 0.492. The summed E-state index contributed by atoms with van der Waals surface area (Å²) in [6.45, 7) is 7.74. The molecule has 1 atom stereocenters. The van der Waals surface area contributed by atoms with Crippen molar-refractivity contribution in [3.8, 4) is 11.5 Å². The van der Waals surface area contributed by atoms with Crippen LogP contribution in [0, 0.1) is 0 Å². The molecule has 29 heavy (non-hydrogen) atoms. The monoisotopic (exact) mass is 407 g/mol. The lowest BCUT2D eigenvalue weighted by atomic mass is 10.1. The molecule has 0 aliphatic rings. The first-order valence-corrected chi connectivity index (χ1v) is 10.5. The van der Waals surface area contributed by atoms with Crippen LogP contribution in [0.25, 0.3) is 0 Å². The Labute approximate surface area is 175 Å². The summed E-state index contributed by atoms with van der Waals surface area (Å²) in [5.74, 6) is 1.30. The van der Waals surface area contributed by atoms with E-state index in [0.717, 1.165) is 24.8 Å². The number of amides is 3. The van der Waals surface area contributed by atoms with Gasteiger partial charge in [0.05, 0.1) is 14.2 Å². The number of urea groups is 1. The van der Waals surface area contributed by atoms with Crippen LogP contribution in [0.15, 0.2) is 18.2 Å². The van der Waals surface area contributed by atoms with Crippen molar-refractivity contribution < 1.29 is 19.1 Å². The number of carbonyl (C=O) groups excluding carboxylic acids is 2. The molecular weight excluding hydrogens is 370 g/mol. The number of hydrogen-bond donors (Lipinski definition) is 2. The van der Waals surface area contributed by atoms with Gasteiger partial charge in [-0.05, 0) is 43.9 Å². The Morgan fingerprint density at radius 3 is 2.41 bits per heavy atom. The maximum absolute atomic E-state index is 12.4. The first-order valence-electron chi connectivity index (χ1n) is 10.5. The van der Waals surface area contributed by atoms with Gasteiger partial charge in [-0.1, -0.05) is 26.3 Å². The molecule has 1 unspecified atom stereocenters. The third-order valence-corrected chi connectivity index (χ3v) is 4.95. The minimum atomic E-state index is -0.0917. The molecule has 0 aliphatic heterocycles. The van der Waals surface area contributed by atoms with E-state index in [1.807, 2.05) is 32.0 Å². The Bertz CT molecular complexity index is 636. The zero-order chi connectivity index (χ0) is 21.6. The Balaban J connectivity index is 2.46. The second-order valence-electron chi connectivity index (χ2n) is 7.08. The van der Waals surface area contributed by atoms with Gasteiger partial charge in [0, 0.05) is 32.1 Å². The fourth-order valence-corrected chi connectivity index (χ4v) is 2.91. The van der Waals surface area contributed by atoms with Crippen molar-refractivity contribution in [1.82, 2.24) is 15.5 Å².